The second kappa shape index (κ2) is 8.49. The van der Waals surface area contributed by atoms with Crippen LogP contribution in [0.1, 0.15) is 26.3 Å². The van der Waals surface area contributed by atoms with Crippen LogP contribution < -0.4 is 0 Å². The van der Waals surface area contributed by atoms with E-state index < -0.39 is 29.4 Å². The van der Waals surface area contributed by atoms with Crippen LogP contribution in [0.4, 0.5) is 5.69 Å². The summed E-state index contributed by atoms with van der Waals surface area (Å²) in [4.78, 5) is 45.8. The van der Waals surface area contributed by atoms with E-state index >= 15 is 0 Å². The number of hydrogen-bond donors (Lipinski definition) is 0. The maximum absolute atomic E-state index is 12.3. The van der Waals surface area contributed by atoms with Crippen LogP contribution in [0.2, 0.25) is 0 Å². The number of rotatable bonds is 8. The average molecular weight is 377 g/mol. The van der Waals surface area contributed by atoms with E-state index in [1.165, 1.54) is 38.1 Å². The van der Waals surface area contributed by atoms with Crippen LogP contribution in [0.15, 0.2) is 29.4 Å². The molecule has 0 unspecified atom stereocenters. The zero-order chi connectivity index (χ0) is 20.1. The SMILES string of the molecule is CC(=O)/C(C)=N/N(CC(=O)OCc1ccc([N+](=O)[O-])cc1)C(=O)[C@@H]1O[C@@H]1C. The Bertz CT molecular complexity index is 788. The van der Waals surface area contributed by atoms with Crippen molar-refractivity contribution >= 4 is 29.1 Å². The number of non-ortho nitro benzene ring substituents is 1. The molecule has 1 aliphatic heterocycles. The molecule has 1 saturated heterocycles. The molecule has 1 aromatic rings. The highest BCUT2D eigenvalue weighted by molar-refractivity contribution is 6.38. The molecule has 2 atom stereocenters. The number of hydrazone groups is 1. The largest absolute Gasteiger partial charge is 0.459 e. The number of epoxide rings is 1. The molecule has 1 aromatic carbocycles. The second-order valence-electron chi connectivity index (χ2n) is 5.98. The summed E-state index contributed by atoms with van der Waals surface area (Å²) in [6.45, 7) is 3.83. The highest BCUT2D eigenvalue weighted by Gasteiger charge is 2.44. The van der Waals surface area contributed by atoms with Gasteiger partial charge in [-0.1, -0.05) is 0 Å². The number of ether oxygens (including phenoxy) is 2. The van der Waals surface area contributed by atoms with Crippen molar-refractivity contribution in [1.29, 1.82) is 0 Å². The lowest BCUT2D eigenvalue weighted by Crippen LogP contribution is -2.37. The molecule has 0 aromatic heterocycles. The Balaban J connectivity index is 1.98. The van der Waals surface area contributed by atoms with E-state index in [0.29, 0.717) is 5.56 Å². The zero-order valence-corrected chi connectivity index (χ0v) is 15.1. The lowest BCUT2D eigenvalue weighted by molar-refractivity contribution is -0.384. The number of nitrogens with zero attached hydrogens (tertiary/aromatic N) is 3. The van der Waals surface area contributed by atoms with E-state index in [-0.39, 0.29) is 29.9 Å². The third kappa shape index (κ3) is 5.68. The van der Waals surface area contributed by atoms with Crippen LogP contribution in [0.3, 0.4) is 0 Å². The average Bonchev–Trinajstić information content (AvgIpc) is 3.35. The molecule has 0 saturated carbocycles. The predicted octanol–water partition coefficient (Wildman–Crippen LogP) is 1.22. The molecule has 0 bridgehead atoms. The van der Waals surface area contributed by atoms with Crippen molar-refractivity contribution in [2.75, 3.05) is 6.54 Å². The number of ketones is 1. The molecule has 0 spiro atoms. The Hall–Kier alpha value is -3.14. The Morgan fingerprint density at radius 2 is 1.85 bits per heavy atom. The molecule has 1 amide bonds. The van der Waals surface area contributed by atoms with Crippen molar-refractivity contribution in [1.82, 2.24) is 5.01 Å². The standard InChI is InChI=1S/C17H19N3O7/c1-10(11(2)21)18-19(17(23)16-12(3)27-16)8-15(22)26-9-13-4-6-14(7-5-13)20(24)25/h4-7,12,16H,8-9H2,1-3H3/b18-10+/t12-,16-/m1/s1. The number of nitro benzene ring substituents is 1. The molecule has 1 heterocycles. The first-order chi connectivity index (χ1) is 12.7. The first-order valence-corrected chi connectivity index (χ1v) is 8.11. The number of hydrogen-bond acceptors (Lipinski definition) is 8. The van der Waals surface area contributed by atoms with Gasteiger partial charge in [0, 0.05) is 19.1 Å². The van der Waals surface area contributed by atoms with Gasteiger partial charge in [-0.2, -0.15) is 5.10 Å². The van der Waals surface area contributed by atoms with Gasteiger partial charge in [0.2, 0.25) is 0 Å². The monoisotopic (exact) mass is 377 g/mol. The fourth-order valence-electron chi connectivity index (χ4n) is 2.05. The van der Waals surface area contributed by atoms with Crippen molar-refractivity contribution in [2.45, 2.75) is 39.6 Å². The van der Waals surface area contributed by atoms with Crippen molar-refractivity contribution in [3.63, 3.8) is 0 Å². The minimum atomic E-state index is -0.741. The van der Waals surface area contributed by atoms with Gasteiger partial charge in [-0.15, -0.1) is 0 Å². The summed E-state index contributed by atoms with van der Waals surface area (Å²) in [7, 11) is 0. The smallest absolute Gasteiger partial charge is 0.328 e. The fraction of sp³-hybridized carbons (Fsp3) is 0.412. The molecular formula is C17H19N3O7. The Morgan fingerprint density at radius 1 is 1.26 bits per heavy atom. The quantitative estimate of drug-likeness (QED) is 0.219. The number of Topliss-reactive ketones (excluding diaryl/α,β-unsaturated/α-hetero) is 1. The van der Waals surface area contributed by atoms with Gasteiger partial charge in [0.25, 0.3) is 11.6 Å². The van der Waals surface area contributed by atoms with Crippen LogP contribution in [-0.2, 0) is 30.5 Å². The number of amides is 1. The van der Waals surface area contributed by atoms with Gasteiger partial charge in [0.05, 0.1) is 11.0 Å². The van der Waals surface area contributed by atoms with E-state index in [9.17, 15) is 24.5 Å². The van der Waals surface area contributed by atoms with E-state index in [1.807, 2.05) is 0 Å². The van der Waals surface area contributed by atoms with Crippen molar-refractivity contribution < 1.29 is 28.8 Å². The molecule has 0 aliphatic carbocycles. The third-order valence-electron chi connectivity index (χ3n) is 3.81. The summed E-state index contributed by atoms with van der Waals surface area (Å²) >= 11 is 0. The number of benzene rings is 1. The van der Waals surface area contributed by atoms with Crippen molar-refractivity contribution in [2.24, 2.45) is 5.10 Å². The Labute approximate surface area is 154 Å². The summed E-state index contributed by atoms with van der Waals surface area (Å²) in [5.41, 5.74) is 0.545. The first kappa shape index (κ1) is 20.2. The van der Waals surface area contributed by atoms with Crippen LogP contribution >= 0.6 is 0 Å². The molecule has 27 heavy (non-hydrogen) atoms. The van der Waals surface area contributed by atoms with Crippen LogP contribution in [0.5, 0.6) is 0 Å². The van der Waals surface area contributed by atoms with Gasteiger partial charge >= 0.3 is 5.97 Å². The number of nitro groups is 1. The van der Waals surface area contributed by atoms with Crippen LogP contribution in [-0.4, -0.2) is 52.1 Å². The first-order valence-electron chi connectivity index (χ1n) is 8.11. The summed E-state index contributed by atoms with van der Waals surface area (Å²) in [5.74, 6) is -1.61. The predicted molar refractivity (Wildman–Crippen MR) is 92.7 cm³/mol. The van der Waals surface area contributed by atoms with Gasteiger partial charge in [-0.3, -0.25) is 24.5 Å². The van der Waals surface area contributed by atoms with Gasteiger partial charge in [0.1, 0.15) is 18.9 Å². The van der Waals surface area contributed by atoms with Crippen LogP contribution in [0.25, 0.3) is 0 Å². The van der Waals surface area contributed by atoms with Crippen LogP contribution in [0, 0.1) is 10.1 Å². The Morgan fingerprint density at radius 3 is 2.33 bits per heavy atom. The molecular weight excluding hydrogens is 358 g/mol. The van der Waals surface area contributed by atoms with Crippen molar-refractivity contribution in [3.05, 3.63) is 39.9 Å². The van der Waals surface area contributed by atoms with Crippen molar-refractivity contribution in [3.8, 4) is 0 Å². The van der Waals surface area contributed by atoms with E-state index in [4.69, 9.17) is 9.47 Å². The highest BCUT2D eigenvalue weighted by Crippen LogP contribution is 2.23. The maximum Gasteiger partial charge on any atom is 0.328 e. The van der Waals surface area contributed by atoms with Gasteiger partial charge < -0.3 is 9.47 Å². The third-order valence-corrected chi connectivity index (χ3v) is 3.81. The highest BCUT2D eigenvalue weighted by atomic mass is 16.6. The van der Waals surface area contributed by atoms with Gasteiger partial charge in [-0.25, -0.2) is 5.01 Å². The molecule has 0 radical (unpaired) electrons. The second-order valence-corrected chi connectivity index (χ2v) is 5.98. The molecule has 1 fully saturated rings. The lowest BCUT2D eigenvalue weighted by atomic mass is 10.2. The zero-order valence-electron chi connectivity index (χ0n) is 15.1. The summed E-state index contributed by atoms with van der Waals surface area (Å²) < 4.78 is 10.2. The topological polar surface area (TPSA) is 132 Å². The molecule has 10 nitrogen and oxygen atoms in total. The van der Waals surface area contributed by atoms with E-state index in [2.05, 4.69) is 5.10 Å². The summed E-state index contributed by atoms with van der Waals surface area (Å²) in [5, 5.41) is 15.4. The molecule has 144 valence electrons. The molecule has 10 heteroatoms. The molecule has 0 N–H and O–H groups in total. The summed E-state index contributed by atoms with van der Waals surface area (Å²) in [6.07, 6.45) is -0.972. The lowest BCUT2D eigenvalue weighted by Gasteiger charge is -2.16. The molecule has 1 aliphatic rings. The number of carbonyl (C=O) groups excluding carboxylic acids is 3. The van der Waals surface area contributed by atoms with E-state index in [0.717, 1.165) is 5.01 Å². The minimum Gasteiger partial charge on any atom is -0.459 e. The van der Waals surface area contributed by atoms with Gasteiger partial charge in [0.15, 0.2) is 11.9 Å². The van der Waals surface area contributed by atoms with E-state index in [1.54, 1.807) is 6.92 Å². The fourth-order valence-corrected chi connectivity index (χ4v) is 2.05. The summed E-state index contributed by atoms with van der Waals surface area (Å²) in [6, 6.07) is 5.52. The number of carbonyl (C=O) groups is 3. The minimum absolute atomic E-state index is 0.0693. The normalized spacial score (nSPS) is 18.6. The maximum atomic E-state index is 12.3. The Kier molecular flexibility index (Phi) is 6.35. The van der Waals surface area contributed by atoms with Gasteiger partial charge in [-0.05, 0) is 31.5 Å². The number of esters is 1. The molecule has 2 rings (SSSR count).